The van der Waals surface area contributed by atoms with Crippen molar-refractivity contribution < 1.29 is 19.1 Å². The highest BCUT2D eigenvalue weighted by Crippen LogP contribution is 2.30. The molecule has 1 heterocycles. The van der Waals surface area contributed by atoms with Gasteiger partial charge in [-0.3, -0.25) is 4.79 Å². The highest BCUT2D eigenvalue weighted by atomic mass is 16.5. The molecule has 0 radical (unpaired) electrons. The molecule has 134 valence electrons. The summed E-state index contributed by atoms with van der Waals surface area (Å²) in [6.45, 7) is 3.96. The van der Waals surface area contributed by atoms with Gasteiger partial charge in [-0.2, -0.15) is 0 Å². The first kappa shape index (κ1) is 17.5. The van der Waals surface area contributed by atoms with Gasteiger partial charge in [0.15, 0.2) is 0 Å². The van der Waals surface area contributed by atoms with Gasteiger partial charge in [0.05, 0.1) is 13.2 Å². The Balaban J connectivity index is 1.73. The monoisotopic (exact) mass is 352 g/mol. The van der Waals surface area contributed by atoms with Crippen LogP contribution in [0.2, 0.25) is 0 Å². The topological polar surface area (TPSA) is 76.7 Å². The Hall–Kier alpha value is -3.28. The Labute approximate surface area is 151 Å². The molecular weight excluding hydrogens is 332 g/mol. The average Bonchev–Trinajstić information content (AvgIpc) is 2.66. The Bertz CT molecular complexity index is 802. The van der Waals surface area contributed by atoms with Crippen LogP contribution in [0.4, 0.5) is 4.79 Å². The summed E-state index contributed by atoms with van der Waals surface area (Å²) in [6.07, 6.45) is 0. The smallest absolute Gasteiger partial charge is 0.319 e. The SMILES string of the molecule is C=C1NC(=O)NC(c2ccccc2)C1C(=O)OCc1ccc(OC)cc1. The second kappa shape index (κ2) is 7.74. The molecule has 2 amide bonds. The van der Waals surface area contributed by atoms with Gasteiger partial charge < -0.3 is 20.1 Å². The minimum Gasteiger partial charge on any atom is -0.497 e. The first-order chi connectivity index (χ1) is 12.6. The lowest BCUT2D eigenvalue weighted by molar-refractivity contribution is -0.149. The van der Waals surface area contributed by atoms with Crippen LogP contribution in [0.1, 0.15) is 17.2 Å². The number of rotatable bonds is 5. The number of esters is 1. The number of carbonyl (C=O) groups excluding carboxylic acids is 2. The summed E-state index contributed by atoms with van der Waals surface area (Å²) in [5.41, 5.74) is 1.98. The number of carbonyl (C=O) groups is 2. The van der Waals surface area contributed by atoms with E-state index in [-0.39, 0.29) is 12.6 Å². The number of hydrogen-bond acceptors (Lipinski definition) is 4. The summed E-state index contributed by atoms with van der Waals surface area (Å²) in [4.78, 5) is 24.5. The van der Waals surface area contributed by atoms with E-state index in [1.54, 1.807) is 19.2 Å². The van der Waals surface area contributed by atoms with Crippen LogP contribution in [0.25, 0.3) is 0 Å². The Morgan fingerprint density at radius 2 is 1.81 bits per heavy atom. The molecule has 0 saturated carbocycles. The molecule has 2 aromatic rings. The van der Waals surface area contributed by atoms with Gasteiger partial charge in [0.2, 0.25) is 0 Å². The van der Waals surface area contributed by atoms with Gasteiger partial charge >= 0.3 is 12.0 Å². The molecule has 2 atom stereocenters. The number of ether oxygens (including phenoxy) is 2. The maximum atomic E-state index is 12.7. The maximum absolute atomic E-state index is 12.7. The van der Waals surface area contributed by atoms with E-state index in [0.29, 0.717) is 5.70 Å². The molecule has 1 aliphatic rings. The molecule has 1 fully saturated rings. The second-order valence-corrected chi connectivity index (χ2v) is 5.95. The van der Waals surface area contributed by atoms with E-state index in [9.17, 15) is 9.59 Å². The zero-order valence-corrected chi connectivity index (χ0v) is 14.4. The van der Waals surface area contributed by atoms with Crippen LogP contribution in [0.5, 0.6) is 5.75 Å². The van der Waals surface area contributed by atoms with Crippen molar-refractivity contribution in [2.45, 2.75) is 12.6 Å². The molecule has 1 aliphatic heterocycles. The molecule has 0 aromatic heterocycles. The third-order valence-electron chi connectivity index (χ3n) is 4.22. The molecule has 2 unspecified atom stereocenters. The summed E-state index contributed by atoms with van der Waals surface area (Å²) in [5, 5.41) is 5.34. The Morgan fingerprint density at radius 3 is 2.46 bits per heavy atom. The second-order valence-electron chi connectivity index (χ2n) is 5.95. The van der Waals surface area contributed by atoms with E-state index in [1.807, 2.05) is 42.5 Å². The van der Waals surface area contributed by atoms with Crippen LogP contribution in [0, 0.1) is 5.92 Å². The third-order valence-corrected chi connectivity index (χ3v) is 4.22. The molecular formula is C20H20N2O4. The fourth-order valence-corrected chi connectivity index (χ4v) is 2.87. The fraction of sp³-hybridized carbons (Fsp3) is 0.200. The van der Waals surface area contributed by atoms with Crippen molar-refractivity contribution in [3.05, 3.63) is 78.0 Å². The van der Waals surface area contributed by atoms with Gasteiger partial charge in [-0.25, -0.2) is 4.79 Å². The predicted molar refractivity (Wildman–Crippen MR) is 96.3 cm³/mol. The van der Waals surface area contributed by atoms with Gasteiger partial charge in [0.25, 0.3) is 0 Å². The summed E-state index contributed by atoms with van der Waals surface area (Å²) in [7, 11) is 1.59. The van der Waals surface area contributed by atoms with E-state index in [0.717, 1.165) is 16.9 Å². The summed E-state index contributed by atoms with van der Waals surface area (Å²) < 4.78 is 10.6. The van der Waals surface area contributed by atoms with Gasteiger partial charge in [-0.1, -0.05) is 49.0 Å². The van der Waals surface area contributed by atoms with E-state index < -0.39 is 17.9 Å². The van der Waals surface area contributed by atoms with Crippen LogP contribution in [-0.4, -0.2) is 19.1 Å². The summed E-state index contributed by atoms with van der Waals surface area (Å²) in [5.74, 6) is -0.433. The van der Waals surface area contributed by atoms with Crippen molar-refractivity contribution in [3.63, 3.8) is 0 Å². The quantitative estimate of drug-likeness (QED) is 0.811. The Kier molecular flexibility index (Phi) is 5.22. The van der Waals surface area contributed by atoms with Crippen molar-refractivity contribution >= 4 is 12.0 Å². The zero-order valence-electron chi connectivity index (χ0n) is 14.4. The molecule has 3 rings (SSSR count). The van der Waals surface area contributed by atoms with Gasteiger partial charge in [0.1, 0.15) is 18.3 Å². The number of amides is 2. The van der Waals surface area contributed by atoms with Gasteiger partial charge in [-0.15, -0.1) is 0 Å². The fourth-order valence-electron chi connectivity index (χ4n) is 2.87. The van der Waals surface area contributed by atoms with Gasteiger partial charge in [-0.05, 0) is 23.3 Å². The van der Waals surface area contributed by atoms with Crippen molar-refractivity contribution in [1.82, 2.24) is 10.6 Å². The standard InChI is InChI=1S/C20H20N2O4/c1-13-17(18(22-20(24)21-13)15-6-4-3-5-7-15)19(23)26-12-14-8-10-16(25-2)11-9-14/h3-11,17-18H,1,12H2,2H3,(H2,21,22,24). The number of hydrogen-bond donors (Lipinski definition) is 2. The molecule has 2 N–H and O–H groups in total. The van der Waals surface area contributed by atoms with Crippen LogP contribution in [0.15, 0.2) is 66.9 Å². The molecule has 6 heteroatoms. The molecule has 0 aliphatic carbocycles. The van der Waals surface area contributed by atoms with Gasteiger partial charge in [0, 0.05) is 5.70 Å². The first-order valence-electron chi connectivity index (χ1n) is 8.19. The number of nitrogens with one attached hydrogen (secondary N) is 2. The van der Waals surface area contributed by atoms with Crippen LogP contribution >= 0.6 is 0 Å². The largest absolute Gasteiger partial charge is 0.497 e. The lowest BCUT2D eigenvalue weighted by Gasteiger charge is -2.33. The maximum Gasteiger partial charge on any atom is 0.319 e. The minimum absolute atomic E-state index is 0.127. The molecule has 0 spiro atoms. The molecule has 6 nitrogen and oxygen atoms in total. The summed E-state index contributed by atoms with van der Waals surface area (Å²) >= 11 is 0. The van der Waals surface area contributed by atoms with Crippen LogP contribution in [-0.2, 0) is 16.1 Å². The first-order valence-corrected chi connectivity index (χ1v) is 8.19. The van der Waals surface area contributed by atoms with E-state index in [4.69, 9.17) is 9.47 Å². The number of urea groups is 1. The average molecular weight is 352 g/mol. The van der Waals surface area contributed by atoms with E-state index >= 15 is 0 Å². The number of benzene rings is 2. The van der Waals surface area contributed by atoms with Crippen molar-refractivity contribution in [2.75, 3.05) is 7.11 Å². The lowest BCUT2D eigenvalue weighted by Crippen LogP contribution is -2.51. The molecule has 1 saturated heterocycles. The molecule has 26 heavy (non-hydrogen) atoms. The predicted octanol–water partition coefficient (Wildman–Crippen LogP) is 2.92. The number of methoxy groups -OCH3 is 1. The summed E-state index contributed by atoms with van der Waals surface area (Å²) in [6, 6.07) is 15.6. The van der Waals surface area contributed by atoms with Crippen LogP contribution in [0.3, 0.4) is 0 Å². The Morgan fingerprint density at radius 1 is 1.12 bits per heavy atom. The van der Waals surface area contributed by atoms with E-state index in [2.05, 4.69) is 17.2 Å². The van der Waals surface area contributed by atoms with Crippen molar-refractivity contribution in [3.8, 4) is 5.75 Å². The lowest BCUT2D eigenvalue weighted by atomic mass is 9.89. The molecule has 2 aromatic carbocycles. The van der Waals surface area contributed by atoms with Crippen molar-refractivity contribution in [1.29, 1.82) is 0 Å². The van der Waals surface area contributed by atoms with Crippen molar-refractivity contribution in [2.24, 2.45) is 5.92 Å². The third kappa shape index (κ3) is 3.85. The highest BCUT2D eigenvalue weighted by Gasteiger charge is 2.38. The highest BCUT2D eigenvalue weighted by molar-refractivity contribution is 5.85. The minimum atomic E-state index is -0.714. The van der Waals surface area contributed by atoms with Crippen LogP contribution < -0.4 is 15.4 Å². The van der Waals surface area contributed by atoms with E-state index in [1.165, 1.54) is 0 Å². The zero-order chi connectivity index (χ0) is 18.5. The normalized spacial score (nSPS) is 19.3. The molecule has 0 bridgehead atoms.